The van der Waals surface area contributed by atoms with Crippen LogP contribution in [0.2, 0.25) is 0 Å². The van der Waals surface area contributed by atoms with Crippen molar-refractivity contribution < 1.29 is 14.6 Å². The van der Waals surface area contributed by atoms with E-state index >= 15 is 0 Å². The SMILES string of the molecule is O=C1C=C(C=CC=CC=Cc2ccccc2)C(O)O1. The summed E-state index contributed by atoms with van der Waals surface area (Å²) in [6.07, 6.45) is 11.1. The van der Waals surface area contributed by atoms with E-state index in [1.54, 1.807) is 12.2 Å². The zero-order valence-corrected chi connectivity index (χ0v) is 10.3. The van der Waals surface area contributed by atoms with Crippen molar-refractivity contribution in [2.24, 2.45) is 0 Å². The summed E-state index contributed by atoms with van der Waals surface area (Å²) in [5.74, 6) is -0.514. The molecule has 0 aromatic heterocycles. The molecular formula is C16H14O3. The zero-order chi connectivity index (χ0) is 13.5. The van der Waals surface area contributed by atoms with Gasteiger partial charge in [0.15, 0.2) is 0 Å². The van der Waals surface area contributed by atoms with E-state index in [1.165, 1.54) is 6.08 Å². The van der Waals surface area contributed by atoms with E-state index in [2.05, 4.69) is 4.74 Å². The van der Waals surface area contributed by atoms with Gasteiger partial charge in [-0.05, 0) is 5.56 Å². The highest BCUT2D eigenvalue weighted by molar-refractivity contribution is 5.86. The number of carbonyl (C=O) groups is 1. The van der Waals surface area contributed by atoms with Crippen LogP contribution < -0.4 is 0 Å². The van der Waals surface area contributed by atoms with Gasteiger partial charge in [-0.2, -0.15) is 0 Å². The first kappa shape index (κ1) is 13.1. The third-order valence-electron chi connectivity index (χ3n) is 2.51. The van der Waals surface area contributed by atoms with E-state index < -0.39 is 12.3 Å². The molecule has 0 bridgehead atoms. The van der Waals surface area contributed by atoms with Crippen LogP contribution in [0, 0.1) is 0 Å². The molecule has 1 N–H and O–H groups in total. The van der Waals surface area contributed by atoms with Gasteiger partial charge in [0.1, 0.15) is 0 Å². The number of ether oxygens (including phenoxy) is 1. The highest BCUT2D eigenvalue weighted by Gasteiger charge is 2.20. The Kier molecular flexibility index (Phi) is 4.48. The van der Waals surface area contributed by atoms with Crippen molar-refractivity contribution in [2.45, 2.75) is 6.29 Å². The molecule has 1 heterocycles. The Morgan fingerprint density at radius 2 is 1.68 bits per heavy atom. The predicted octanol–water partition coefficient (Wildman–Crippen LogP) is 2.61. The lowest BCUT2D eigenvalue weighted by molar-refractivity contribution is -0.150. The third kappa shape index (κ3) is 4.08. The Labute approximate surface area is 111 Å². The molecule has 1 aromatic carbocycles. The largest absolute Gasteiger partial charge is 0.428 e. The quantitative estimate of drug-likeness (QED) is 0.663. The summed E-state index contributed by atoms with van der Waals surface area (Å²) in [5, 5.41) is 9.31. The van der Waals surface area contributed by atoms with Crippen LogP contribution in [0.5, 0.6) is 0 Å². The molecule has 0 amide bonds. The Bertz CT molecular complexity index is 551. The van der Waals surface area contributed by atoms with Gasteiger partial charge in [0.25, 0.3) is 0 Å². The lowest BCUT2D eigenvalue weighted by Crippen LogP contribution is -2.08. The van der Waals surface area contributed by atoms with Crippen LogP contribution in [0.1, 0.15) is 5.56 Å². The summed E-state index contributed by atoms with van der Waals surface area (Å²) in [4.78, 5) is 10.8. The number of esters is 1. The molecule has 2 rings (SSSR count). The lowest BCUT2D eigenvalue weighted by Gasteiger charge is -2.01. The summed E-state index contributed by atoms with van der Waals surface area (Å²) in [7, 11) is 0. The molecule has 1 unspecified atom stereocenters. The number of carbonyl (C=O) groups excluding carboxylic acids is 1. The summed E-state index contributed by atoms with van der Waals surface area (Å²) >= 11 is 0. The minimum Gasteiger partial charge on any atom is -0.428 e. The molecule has 0 saturated heterocycles. The maximum Gasteiger partial charge on any atom is 0.333 e. The molecule has 0 aliphatic carbocycles. The third-order valence-corrected chi connectivity index (χ3v) is 2.51. The maximum absolute atomic E-state index is 10.8. The van der Waals surface area contributed by atoms with Crippen molar-refractivity contribution in [3.05, 3.63) is 77.9 Å². The molecule has 0 spiro atoms. The number of aliphatic hydroxyl groups excluding tert-OH is 1. The maximum atomic E-state index is 10.8. The van der Waals surface area contributed by atoms with Crippen LogP contribution in [-0.4, -0.2) is 17.4 Å². The smallest absolute Gasteiger partial charge is 0.333 e. The standard InChI is InChI=1S/C16H14O3/c17-15-12-14(16(18)19-15)11-7-2-1-4-8-13-9-5-3-6-10-13/h1-12,16,18H. The van der Waals surface area contributed by atoms with E-state index in [0.29, 0.717) is 5.57 Å². The van der Waals surface area contributed by atoms with E-state index in [9.17, 15) is 9.90 Å². The molecule has 1 aromatic rings. The molecule has 0 fully saturated rings. The minimum absolute atomic E-state index is 0.460. The van der Waals surface area contributed by atoms with Gasteiger partial charge in [-0.3, -0.25) is 0 Å². The van der Waals surface area contributed by atoms with Gasteiger partial charge in [0.05, 0.1) is 0 Å². The van der Waals surface area contributed by atoms with Crippen LogP contribution in [0.15, 0.2) is 72.4 Å². The molecule has 3 nitrogen and oxygen atoms in total. The fraction of sp³-hybridized carbons (Fsp3) is 0.0625. The Morgan fingerprint density at radius 3 is 2.32 bits per heavy atom. The van der Waals surface area contributed by atoms with Crippen molar-refractivity contribution in [1.29, 1.82) is 0 Å². The second kappa shape index (κ2) is 6.52. The van der Waals surface area contributed by atoms with Gasteiger partial charge in [-0.25, -0.2) is 4.79 Å². The van der Waals surface area contributed by atoms with Crippen LogP contribution in [0.25, 0.3) is 6.08 Å². The molecular weight excluding hydrogens is 240 g/mol. The molecule has 3 heteroatoms. The second-order valence-electron chi connectivity index (χ2n) is 3.95. The molecule has 0 saturated carbocycles. The van der Waals surface area contributed by atoms with Gasteiger partial charge >= 0.3 is 5.97 Å². The van der Waals surface area contributed by atoms with Crippen molar-refractivity contribution in [3.8, 4) is 0 Å². The molecule has 19 heavy (non-hydrogen) atoms. The first-order chi connectivity index (χ1) is 9.25. The first-order valence-electron chi connectivity index (χ1n) is 5.92. The first-order valence-corrected chi connectivity index (χ1v) is 5.92. The summed E-state index contributed by atoms with van der Waals surface area (Å²) in [6.45, 7) is 0. The molecule has 0 radical (unpaired) electrons. The number of aliphatic hydroxyl groups is 1. The number of benzene rings is 1. The molecule has 1 aliphatic rings. The molecule has 1 aliphatic heterocycles. The Balaban J connectivity index is 1.86. The zero-order valence-electron chi connectivity index (χ0n) is 10.3. The van der Waals surface area contributed by atoms with Gasteiger partial charge < -0.3 is 9.84 Å². The van der Waals surface area contributed by atoms with Gasteiger partial charge in [0.2, 0.25) is 6.29 Å². The number of allylic oxidation sites excluding steroid dienone is 4. The fourth-order valence-electron chi connectivity index (χ4n) is 1.58. The predicted molar refractivity (Wildman–Crippen MR) is 73.9 cm³/mol. The fourth-order valence-corrected chi connectivity index (χ4v) is 1.58. The van der Waals surface area contributed by atoms with Crippen molar-refractivity contribution in [1.82, 2.24) is 0 Å². The lowest BCUT2D eigenvalue weighted by atomic mass is 10.2. The Morgan fingerprint density at radius 1 is 1.00 bits per heavy atom. The molecule has 1 atom stereocenters. The van der Waals surface area contributed by atoms with Gasteiger partial charge in [0, 0.05) is 11.6 Å². The number of hydrogen-bond donors (Lipinski definition) is 1. The van der Waals surface area contributed by atoms with Crippen molar-refractivity contribution in [3.63, 3.8) is 0 Å². The van der Waals surface area contributed by atoms with Crippen molar-refractivity contribution in [2.75, 3.05) is 0 Å². The highest BCUT2D eigenvalue weighted by atomic mass is 16.6. The van der Waals surface area contributed by atoms with E-state index in [0.717, 1.165) is 5.56 Å². The van der Waals surface area contributed by atoms with Crippen LogP contribution in [-0.2, 0) is 9.53 Å². The summed E-state index contributed by atoms with van der Waals surface area (Å²) in [6, 6.07) is 9.97. The van der Waals surface area contributed by atoms with E-state index in [4.69, 9.17) is 0 Å². The van der Waals surface area contributed by atoms with Crippen LogP contribution in [0.3, 0.4) is 0 Å². The van der Waals surface area contributed by atoms with E-state index in [-0.39, 0.29) is 0 Å². The monoisotopic (exact) mass is 254 g/mol. The summed E-state index contributed by atoms with van der Waals surface area (Å²) in [5.41, 5.74) is 1.59. The van der Waals surface area contributed by atoms with Crippen molar-refractivity contribution >= 4 is 12.0 Å². The number of hydrogen-bond acceptors (Lipinski definition) is 3. The molecule has 96 valence electrons. The Hall–Kier alpha value is -2.39. The normalized spacial score (nSPS) is 19.5. The minimum atomic E-state index is -1.14. The van der Waals surface area contributed by atoms with Crippen LogP contribution >= 0.6 is 0 Å². The number of cyclic esters (lactones) is 1. The summed E-state index contributed by atoms with van der Waals surface area (Å²) < 4.78 is 4.54. The average molecular weight is 254 g/mol. The average Bonchev–Trinajstić information content (AvgIpc) is 2.73. The van der Waals surface area contributed by atoms with Crippen LogP contribution in [0.4, 0.5) is 0 Å². The van der Waals surface area contributed by atoms with E-state index in [1.807, 2.05) is 54.6 Å². The topological polar surface area (TPSA) is 46.5 Å². The second-order valence-corrected chi connectivity index (χ2v) is 3.95. The van der Waals surface area contributed by atoms with Gasteiger partial charge in [-0.1, -0.05) is 66.8 Å². The highest BCUT2D eigenvalue weighted by Crippen LogP contribution is 2.14. The number of rotatable bonds is 4. The van der Waals surface area contributed by atoms with Gasteiger partial charge in [-0.15, -0.1) is 0 Å².